The molecule has 25 heavy (non-hydrogen) atoms. The standard InChI is InChI=1S/C19H21F2NO3/c1-19(24,16-9-6-14(20)11-17(16)21)12-22-18(23)10-5-13-3-7-15(25-2)8-4-13/h3-4,6-9,11,24H,5,10,12H2,1-2H3,(H,22,23). The molecule has 2 N–H and O–H groups in total. The molecule has 1 atom stereocenters. The lowest BCUT2D eigenvalue weighted by molar-refractivity contribution is -0.122. The number of nitrogens with one attached hydrogen (secondary N) is 1. The Morgan fingerprint density at radius 1 is 1.20 bits per heavy atom. The van der Waals surface area contributed by atoms with Gasteiger partial charge in [0.15, 0.2) is 0 Å². The Kier molecular flexibility index (Phi) is 6.09. The van der Waals surface area contributed by atoms with Crippen molar-refractivity contribution in [1.29, 1.82) is 0 Å². The maximum absolute atomic E-state index is 13.8. The fraction of sp³-hybridized carbons (Fsp3) is 0.316. The van der Waals surface area contributed by atoms with Crippen LogP contribution in [0.4, 0.5) is 8.78 Å². The Bertz CT molecular complexity index is 730. The summed E-state index contributed by atoms with van der Waals surface area (Å²) in [7, 11) is 1.58. The van der Waals surface area contributed by atoms with Crippen LogP contribution in [0, 0.1) is 11.6 Å². The molecule has 1 unspecified atom stereocenters. The van der Waals surface area contributed by atoms with Crippen molar-refractivity contribution in [3.8, 4) is 5.75 Å². The molecule has 0 aliphatic carbocycles. The number of benzene rings is 2. The molecule has 2 rings (SSSR count). The topological polar surface area (TPSA) is 58.6 Å². The number of rotatable bonds is 7. The first-order valence-corrected chi connectivity index (χ1v) is 7.89. The second-order valence-corrected chi connectivity index (χ2v) is 6.02. The van der Waals surface area contributed by atoms with E-state index in [-0.39, 0.29) is 24.4 Å². The lowest BCUT2D eigenvalue weighted by Crippen LogP contribution is -2.39. The van der Waals surface area contributed by atoms with Gasteiger partial charge in [-0.3, -0.25) is 4.79 Å². The number of carbonyl (C=O) groups excluding carboxylic acids is 1. The van der Waals surface area contributed by atoms with Gasteiger partial charge in [-0.05, 0) is 37.1 Å². The fourth-order valence-corrected chi connectivity index (χ4v) is 2.43. The zero-order valence-corrected chi connectivity index (χ0v) is 14.2. The van der Waals surface area contributed by atoms with Crippen molar-refractivity contribution in [2.45, 2.75) is 25.4 Å². The average Bonchev–Trinajstić information content (AvgIpc) is 2.58. The van der Waals surface area contributed by atoms with Gasteiger partial charge in [0.1, 0.15) is 23.0 Å². The molecular weight excluding hydrogens is 328 g/mol. The predicted octanol–water partition coefficient (Wildman–Crippen LogP) is 2.93. The quantitative estimate of drug-likeness (QED) is 0.808. The zero-order valence-electron chi connectivity index (χ0n) is 14.2. The van der Waals surface area contributed by atoms with E-state index in [1.54, 1.807) is 7.11 Å². The molecule has 2 aromatic rings. The van der Waals surface area contributed by atoms with Gasteiger partial charge < -0.3 is 15.2 Å². The van der Waals surface area contributed by atoms with Crippen LogP contribution in [0.15, 0.2) is 42.5 Å². The van der Waals surface area contributed by atoms with Crippen LogP contribution >= 0.6 is 0 Å². The van der Waals surface area contributed by atoms with E-state index in [1.165, 1.54) is 13.0 Å². The molecule has 0 bridgehead atoms. The third-order valence-electron chi connectivity index (χ3n) is 3.94. The van der Waals surface area contributed by atoms with Gasteiger partial charge in [0, 0.05) is 18.1 Å². The van der Waals surface area contributed by atoms with Crippen molar-refractivity contribution >= 4 is 5.91 Å². The van der Waals surface area contributed by atoms with Gasteiger partial charge in [-0.1, -0.05) is 18.2 Å². The molecule has 134 valence electrons. The lowest BCUT2D eigenvalue weighted by Gasteiger charge is -2.24. The number of amides is 1. The van der Waals surface area contributed by atoms with Crippen molar-refractivity contribution in [2.75, 3.05) is 13.7 Å². The summed E-state index contributed by atoms with van der Waals surface area (Å²) in [5.74, 6) is -1.10. The molecule has 0 aliphatic heterocycles. The summed E-state index contributed by atoms with van der Waals surface area (Å²) in [4.78, 5) is 12.0. The van der Waals surface area contributed by atoms with Gasteiger partial charge in [0.2, 0.25) is 5.91 Å². The van der Waals surface area contributed by atoms with E-state index in [2.05, 4.69) is 5.32 Å². The van der Waals surface area contributed by atoms with Gasteiger partial charge in [-0.15, -0.1) is 0 Å². The Morgan fingerprint density at radius 2 is 1.88 bits per heavy atom. The van der Waals surface area contributed by atoms with E-state index in [9.17, 15) is 18.7 Å². The fourth-order valence-electron chi connectivity index (χ4n) is 2.43. The number of halogens is 2. The van der Waals surface area contributed by atoms with E-state index in [1.807, 2.05) is 24.3 Å². The molecule has 0 spiro atoms. The van der Waals surface area contributed by atoms with E-state index in [0.717, 1.165) is 17.4 Å². The number of aliphatic hydroxyl groups is 1. The largest absolute Gasteiger partial charge is 0.497 e. The number of hydrogen-bond acceptors (Lipinski definition) is 3. The van der Waals surface area contributed by atoms with Crippen molar-refractivity contribution in [2.24, 2.45) is 0 Å². The molecule has 0 heterocycles. The molecule has 0 aromatic heterocycles. The normalized spacial score (nSPS) is 13.2. The smallest absolute Gasteiger partial charge is 0.220 e. The van der Waals surface area contributed by atoms with Gasteiger partial charge >= 0.3 is 0 Å². The van der Waals surface area contributed by atoms with Crippen LogP contribution in [-0.4, -0.2) is 24.7 Å². The van der Waals surface area contributed by atoms with Crippen LogP contribution < -0.4 is 10.1 Å². The van der Waals surface area contributed by atoms with Crippen molar-refractivity contribution in [1.82, 2.24) is 5.32 Å². The van der Waals surface area contributed by atoms with Crippen LogP contribution in [0.3, 0.4) is 0 Å². The SMILES string of the molecule is COc1ccc(CCC(=O)NCC(C)(O)c2ccc(F)cc2F)cc1. The van der Waals surface area contributed by atoms with Crippen molar-refractivity contribution < 1.29 is 23.4 Å². The van der Waals surface area contributed by atoms with Gasteiger partial charge in [-0.25, -0.2) is 8.78 Å². The highest BCUT2D eigenvalue weighted by molar-refractivity contribution is 5.76. The summed E-state index contributed by atoms with van der Waals surface area (Å²) in [6.45, 7) is 1.20. The van der Waals surface area contributed by atoms with Crippen LogP contribution in [0.5, 0.6) is 5.75 Å². The first kappa shape index (κ1) is 18.9. The van der Waals surface area contributed by atoms with Crippen LogP contribution in [-0.2, 0) is 16.8 Å². The molecule has 4 nitrogen and oxygen atoms in total. The molecule has 0 fully saturated rings. The van der Waals surface area contributed by atoms with E-state index in [4.69, 9.17) is 4.74 Å². The van der Waals surface area contributed by atoms with E-state index < -0.39 is 17.2 Å². The van der Waals surface area contributed by atoms with Crippen LogP contribution in [0.2, 0.25) is 0 Å². The summed E-state index contributed by atoms with van der Waals surface area (Å²) in [5.41, 5.74) is -0.718. The number of carbonyl (C=O) groups is 1. The Hall–Kier alpha value is -2.47. The monoisotopic (exact) mass is 349 g/mol. The average molecular weight is 349 g/mol. The minimum Gasteiger partial charge on any atom is -0.497 e. The molecule has 1 amide bonds. The maximum Gasteiger partial charge on any atom is 0.220 e. The van der Waals surface area contributed by atoms with Crippen molar-refractivity contribution in [3.05, 3.63) is 65.2 Å². The molecule has 2 aromatic carbocycles. The molecule has 0 radical (unpaired) electrons. The Morgan fingerprint density at radius 3 is 2.48 bits per heavy atom. The lowest BCUT2D eigenvalue weighted by atomic mass is 9.95. The van der Waals surface area contributed by atoms with Crippen LogP contribution in [0.1, 0.15) is 24.5 Å². The third-order valence-corrected chi connectivity index (χ3v) is 3.94. The molecule has 0 saturated carbocycles. The maximum atomic E-state index is 13.8. The predicted molar refractivity (Wildman–Crippen MR) is 90.3 cm³/mol. The summed E-state index contributed by atoms with van der Waals surface area (Å²) in [5, 5.41) is 12.9. The summed E-state index contributed by atoms with van der Waals surface area (Å²) in [6, 6.07) is 10.3. The van der Waals surface area contributed by atoms with Crippen molar-refractivity contribution in [3.63, 3.8) is 0 Å². The Balaban J connectivity index is 1.87. The van der Waals surface area contributed by atoms with Gasteiger partial charge in [0.25, 0.3) is 0 Å². The summed E-state index contributed by atoms with van der Waals surface area (Å²) < 4.78 is 31.8. The molecular formula is C19H21F2NO3. The van der Waals surface area contributed by atoms with Crippen LogP contribution in [0.25, 0.3) is 0 Å². The number of methoxy groups -OCH3 is 1. The minimum atomic E-state index is -1.63. The highest BCUT2D eigenvalue weighted by Gasteiger charge is 2.27. The third kappa shape index (κ3) is 5.26. The zero-order chi connectivity index (χ0) is 18.4. The highest BCUT2D eigenvalue weighted by atomic mass is 19.1. The second-order valence-electron chi connectivity index (χ2n) is 6.02. The summed E-state index contributed by atoms with van der Waals surface area (Å²) in [6.07, 6.45) is 0.761. The molecule has 6 heteroatoms. The first-order chi connectivity index (χ1) is 11.8. The first-order valence-electron chi connectivity index (χ1n) is 7.89. The number of ether oxygens (including phenoxy) is 1. The second kappa shape index (κ2) is 8.07. The molecule has 0 aliphatic rings. The molecule has 0 saturated heterocycles. The number of aryl methyl sites for hydroxylation is 1. The van der Waals surface area contributed by atoms with E-state index >= 15 is 0 Å². The Labute approximate surface area is 145 Å². The summed E-state index contributed by atoms with van der Waals surface area (Å²) >= 11 is 0. The van der Waals surface area contributed by atoms with E-state index in [0.29, 0.717) is 12.5 Å². The van der Waals surface area contributed by atoms with Gasteiger partial charge in [0.05, 0.1) is 13.7 Å². The highest BCUT2D eigenvalue weighted by Crippen LogP contribution is 2.23. The van der Waals surface area contributed by atoms with Gasteiger partial charge in [-0.2, -0.15) is 0 Å². The number of hydrogen-bond donors (Lipinski definition) is 2. The minimum absolute atomic E-state index is 0.0654.